The molecule has 0 radical (unpaired) electrons. The van der Waals surface area contributed by atoms with E-state index in [1.807, 2.05) is 31.2 Å². The Kier molecular flexibility index (Phi) is 4.42. The average Bonchev–Trinajstić information content (AvgIpc) is 2.42. The van der Waals surface area contributed by atoms with E-state index in [1.165, 1.54) is 0 Å². The molecule has 4 nitrogen and oxygen atoms in total. The number of rotatable bonds is 4. The quantitative estimate of drug-likeness (QED) is 0.916. The third-order valence-electron chi connectivity index (χ3n) is 3.63. The van der Waals surface area contributed by atoms with E-state index < -0.39 is 0 Å². The summed E-state index contributed by atoms with van der Waals surface area (Å²) in [6.45, 7) is 6.32. The number of carbonyl (C=O) groups excluding carboxylic acids is 2. The summed E-state index contributed by atoms with van der Waals surface area (Å²) in [5, 5.41) is 2.79. The molecule has 1 N–H and O–H groups in total. The highest BCUT2D eigenvalue weighted by molar-refractivity contribution is 6.06. The molecule has 0 aromatic heterocycles. The summed E-state index contributed by atoms with van der Waals surface area (Å²) in [7, 11) is 0. The molecule has 0 spiro atoms. The van der Waals surface area contributed by atoms with Crippen LogP contribution < -0.4 is 10.2 Å². The summed E-state index contributed by atoms with van der Waals surface area (Å²) >= 11 is 0. The number of anilines is 1. The van der Waals surface area contributed by atoms with E-state index in [0.717, 1.165) is 17.7 Å². The molecule has 2 amide bonds. The molecule has 2 rings (SSSR count). The first-order valence-corrected chi connectivity index (χ1v) is 7.24. The van der Waals surface area contributed by atoms with Crippen molar-refractivity contribution in [1.82, 2.24) is 5.32 Å². The average molecular weight is 274 g/mol. The van der Waals surface area contributed by atoms with E-state index >= 15 is 0 Å². The summed E-state index contributed by atoms with van der Waals surface area (Å²) in [4.78, 5) is 26.0. The van der Waals surface area contributed by atoms with Crippen LogP contribution >= 0.6 is 0 Å². The van der Waals surface area contributed by atoms with Gasteiger partial charge in [-0.2, -0.15) is 0 Å². The van der Waals surface area contributed by atoms with Gasteiger partial charge in [0.25, 0.3) is 0 Å². The normalized spacial score (nSPS) is 19.4. The maximum atomic E-state index is 12.5. The number of carbonyl (C=O) groups is 2. The van der Waals surface area contributed by atoms with Gasteiger partial charge in [0.1, 0.15) is 12.6 Å². The number of piperazine rings is 1. The van der Waals surface area contributed by atoms with Crippen molar-refractivity contribution in [3.8, 4) is 0 Å². The Bertz CT molecular complexity index is 511. The van der Waals surface area contributed by atoms with Gasteiger partial charge in [-0.25, -0.2) is 0 Å². The molecule has 1 aliphatic rings. The second kappa shape index (κ2) is 6.07. The van der Waals surface area contributed by atoms with E-state index in [4.69, 9.17) is 0 Å². The first kappa shape index (κ1) is 14.6. The van der Waals surface area contributed by atoms with Crippen molar-refractivity contribution in [2.45, 2.75) is 45.6 Å². The number of para-hydroxylation sites is 1. The van der Waals surface area contributed by atoms with Gasteiger partial charge in [-0.3, -0.25) is 9.59 Å². The summed E-state index contributed by atoms with van der Waals surface area (Å²) < 4.78 is 0. The van der Waals surface area contributed by atoms with Crippen molar-refractivity contribution in [3.63, 3.8) is 0 Å². The zero-order valence-electron chi connectivity index (χ0n) is 12.3. The van der Waals surface area contributed by atoms with E-state index in [2.05, 4.69) is 19.2 Å². The van der Waals surface area contributed by atoms with E-state index in [9.17, 15) is 9.59 Å². The first-order valence-electron chi connectivity index (χ1n) is 7.24. The van der Waals surface area contributed by atoms with Crippen LogP contribution in [0.5, 0.6) is 0 Å². The molecule has 1 heterocycles. The lowest BCUT2D eigenvalue weighted by Crippen LogP contribution is -2.58. The molecule has 1 atom stereocenters. The number of hydrogen-bond acceptors (Lipinski definition) is 2. The predicted molar refractivity (Wildman–Crippen MR) is 79.7 cm³/mol. The van der Waals surface area contributed by atoms with Crippen LogP contribution in [-0.2, 0) is 9.59 Å². The van der Waals surface area contributed by atoms with Crippen molar-refractivity contribution >= 4 is 17.5 Å². The number of hydrogen-bond donors (Lipinski definition) is 1. The van der Waals surface area contributed by atoms with Gasteiger partial charge in [-0.05, 0) is 24.0 Å². The van der Waals surface area contributed by atoms with Crippen LogP contribution in [0.1, 0.15) is 45.1 Å². The standard InChI is InChI=1S/C16H22N2O2/c1-4-7-13-16(20)18(10-15(19)17-13)14-9-6-5-8-12(14)11(2)3/h5-6,8-9,11,13H,4,7,10H2,1-3H3,(H,17,19). The number of nitrogens with zero attached hydrogens (tertiary/aromatic N) is 1. The molecule has 1 fully saturated rings. The fraction of sp³-hybridized carbons (Fsp3) is 0.500. The van der Waals surface area contributed by atoms with Crippen LogP contribution in [0, 0.1) is 0 Å². The summed E-state index contributed by atoms with van der Waals surface area (Å²) in [5.41, 5.74) is 1.97. The lowest BCUT2D eigenvalue weighted by Gasteiger charge is -2.34. The van der Waals surface area contributed by atoms with E-state index in [1.54, 1.807) is 4.90 Å². The largest absolute Gasteiger partial charge is 0.343 e. The Labute approximate surface area is 120 Å². The van der Waals surface area contributed by atoms with Gasteiger partial charge in [0, 0.05) is 5.69 Å². The van der Waals surface area contributed by atoms with Gasteiger partial charge in [0.05, 0.1) is 0 Å². The topological polar surface area (TPSA) is 49.4 Å². The summed E-state index contributed by atoms with van der Waals surface area (Å²) in [6, 6.07) is 7.44. The molecule has 1 saturated heterocycles. The zero-order chi connectivity index (χ0) is 14.7. The Hall–Kier alpha value is -1.84. The highest BCUT2D eigenvalue weighted by Gasteiger charge is 2.33. The number of nitrogens with one attached hydrogen (secondary N) is 1. The third kappa shape index (κ3) is 2.84. The van der Waals surface area contributed by atoms with Gasteiger partial charge in [0.2, 0.25) is 11.8 Å². The Morgan fingerprint density at radius 1 is 1.30 bits per heavy atom. The summed E-state index contributed by atoms with van der Waals surface area (Å²) in [6.07, 6.45) is 1.56. The minimum Gasteiger partial charge on any atom is -0.343 e. The van der Waals surface area contributed by atoms with Gasteiger partial charge in [0.15, 0.2) is 0 Å². The van der Waals surface area contributed by atoms with Crippen molar-refractivity contribution < 1.29 is 9.59 Å². The molecule has 0 bridgehead atoms. The molecule has 1 unspecified atom stereocenters. The van der Waals surface area contributed by atoms with Crippen LogP contribution in [0.15, 0.2) is 24.3 Å². The lowest BCUT2D eigenvalue weighted by molar-refractivity contribution is -0.131. The molecular formula is C16H22N2O2. The highest BCUT2D eigenvalue weighted by atomic mass is 16.2. The molecule has 20 heavy (non-hydrogen) atoms. The highest BCUT2D eigenvalue weighted by Crippen LogP contribution is 2.28. The van der Waals surface area contributed by atoms with Crippen molar-refractivity contribution in [2.75, 3.05) is 11.4 Å². The fourth-order valence-corrected chi connectivity index (χ4v) is 2.62. The zero-order valence-corrected chi connectivity index (χ0v) is 12.3. The van der Waals surface area contributed by atoms with Gasteiger partial charge < -0.3 is 10.2 Å². The third-order valence-corrected chi connectivity index (χ3v) is 3.63. The van der Waals surface area contributed by atoms with Crippen LogP contribution in [0.3, 0.4) is 0 Å². The molecule has 0 aliphatic carbocycles. The van der Waals surface area contributed by atoms with Crippen LogP contribution in [0.25, 0.3) is 0 Å². The molecule has 1 aromatic carbocycles. The molecule has 1 aromatic rings. The molecule has 4 heteroatoms. The van der Waals surface area contributed by atoms with Crippen LogP contribution in [0.4, 0.5) is 5.69 Å². The van der Waals surface area contributed by atoms with E-state index in [0.29, 0.717) is 12.3 Å². The first-order chi connectivity index (χ1) is 9.54. The maximum absolute atomic E-state index is 12.5. The lowest BCUT2D eigenvalue weighted by atomic mass is 9.99. The second-order valence-electron chi connectivity index (χ2n) is 5.55. The Morgan fingerprint density at radius 3 is 2.65 bits per heavy atom. The smallest absolute Gasteiger partial charge is 0.250 e. The number of amides is 2. The molecule has 108 valence electrons. The molecule has 0 saturated carbocycles. The van der Waals surface area contributed by atoms with Gasteiger partial charge in [-0.1, -0.05) is 45.4 Å². The van der Waals surface area contributed by atoms with Crippen molar-refractivity contribution in [1.29, 1.82) is 0 Å². The SMILES string of the molecule is CCCC1NC(=O)CN(c2ccccc2C(C)C)C1=O. The summed E-state index contributed by atoms with van der Waals surface area (Å²) in [5.74, 6) is 0.231. The van der Waals surface area contributed by atoms with Gasteiger partial charge >= 0.3 is 0 Å². The molecule has 1 aliphatic heterocycles. The van der Waals surface area contributed by atoms with Crippen molar-refractivity contribution in [2.24, 2.45) is 0 Å². The van der Waals surface area contributed by atoms with Crippen LogP contribution in [0.2, 0.25) is 0 Å². The monoisotopic (exact) mass is 274 g/mol. The van der Waals surface area contributed by atoms with Gasteiger partial charge in [-0.15, -0.1) is 0 Å². The van der Waals surface area contributed by atoms with Crippen molar-refractivity contribution in [3.05, 3.63) is 29.8 Å². The maximum Gasteiger partial charge on any atom is 0.250 e. The Balaban J connectivity index is 2.35. The second-order valence-corrected chi connectivity index (χ2v) is 5.55. The number of benzene rings is 1. The Morgan fingerprint density at radius 2 is 2.00 bits per heavy atom. The minimum absolute atomic E-state index is 0.000417. The van der Waals surface area contributed by atoms with E-state index in [-0.39, 0.29) is 24.4 Å². The predicted octanol–water partition coefficient (Wildman–Crippen LogP) is 2.44. The van der Waals surface area contributed by atoms with Crippen LogP contribution in [-0.4, -0.2) is 24.4 Å². The fourth-order valence-electron chi connectivity index (χ4n) is 2.62. The minimum atomic E-state index is -0.388. The molecular weight excluding hydrogens is 252 g/mol.